The summed E-state index contributed by atoms with van der Waals surface area (Å²) in [5.41, 5.74) is 6.78. The fourth-order valence-electron chi connectivity index (χ4n) is 2.08. The molecule has 0 saturated carbocycles. The number of anilines is 1. The molecule has 21 heavy (non-hydrogen) atoms. The van der Waals surface area contributed by atoms with Gasteiger partial charge in [0.2, 0.25) is 0 Å². The summed E-state index contributed by atoms with van der Waals surface area (Å²) in [6.45, 7) is 4.39. The van der Waals surface area contributed by atoms with Crippen LogP contribution < -0.4 is 15.8 Å². The van der Waals surface area contributed by atoms with Crippen LogP contribution in [0.2, 0.25) is 0 Å². The molecule has 0 radical (unpaired) electrons. The number of benzene rings is 1. The van der Waals surface area contributed by atoms with Gasteiger partial charge in [0.25, 0.3) is 5.91 Å². The van der Waals surface area contributed by atoms with E-state index in [1.807, 2.05) is 13.8 Å². The van der Waals surface area contributed by atoms with Gasteiger partial charge < -0.3 is 20.8 Å². The van der Waals surface area contributed by atoms with Gasteiger partial charge in [-0.05, 0) is 25.5 Å². The number of amides is 1. The molecule has 2 rings (SSSR count). The molecular weight excluding hydrogens is 268 g/mol. The number of nitrogens with zero attached hydrogens (tertiary/aromatic N) is 1. The minimum Gasteiger partial charge on any atom is -0.494 e. The van der Waals surface area contributed by atoms with Crippen molar-refractivity contribution in [2.75, 3.05) is 12.3 Å². The van der Waals surface area contributed by atoms with Crippen LogP contribution >= 0.6 is 0 Å². The maximum Gasteiger partial charge on any atom is 0.252 e. The van der Waals surface area contributed by atoms with Crippen LogP contribution in [0, 0.1) is 0 Å². The molecule has 2 aromatic rings. The van der Waals surface area contributed by atoms with Gasteiger partial charge in [0.1, 0.15) is 11.6 Å². The number of H-pyrrole nitrogens is 1. The van der Waals surface area contributed by atoms with E-state index in [4.69, 9.17) is 10.5 Å². The van der Waals surface area contributed by atoms with E-state index in [2.05, 4.69) is 15.3 Å². The molecule has 0 aliphatic heterocycles. The smallest absolute Gasteiger partial charge is 0.252 e. The van der Waals surface area contributed by atoms with Crippen molar-refractivity contribution in [3.8, 4) is 5.75 Å². The van der Waals surface area contributed by atoms with Gasteiger partial charge in [0.05, 0.1) is 12.6 Å². The standard InChI is InChI=1S/C15H20N4O2/c1-3-13(14-17-5-6-18-14)19-15(20)10-7-11(16)9-12(8-10)21-4-2/h5-9,13H,3-4,16H2,1-2H3,(H,17,18)(H,19,20). The molecule has 1 heterocycles. The first kappa shape index (κ1) is 14.9. The fraction of sp³-hybridized carbons (Fsp3) is 0.333. The van der Waals surface area contributed by atoms with Crippen LogP contribution in [0.1, 0.15) is 42.5 Å². The highest BCUT2D eigenvalue weighted by atomic mass is 16.5. The summed E-state index contributed by atoms with van der Waals surface area (Å²) in [5, 5.41) is 2.94. The average Bonchev–Trinajstić information content (AvgIpc) is 2.98. The van der Waals surface area contributed by atoms with Crippen molar-refractivity contribution in [2.45, 2.75) is 26.3 Å². The van der Waals surface area contributed by atoms with E-state index in [9.17, 15) is 4.79 Å². The number of imidazole rings is 1. The van der Waals surface area contributed by atoms with E-state index in [0.29, 0.717) is 23.6 Å². The molecule has 0 spiro atoms. The Balaban J connectivity index is 2.15. The molecule has 1 aromatic carbocycles. The number of nitrogen functional groups attached to an aromatic ring is 1. The van der Waals surface area contributed by atoms with Gasteiger partial charge in [-0.3, -0.25) is 4.79 Å². The molecule has 6 nitrogen and oxygen atoms in total. The Morgan fingerprint density at radius 3 is 2.86 bits per heavy atom. The maximum absolute atomic E-state index is 12.4. The number of ether oxygens (including phenoxy) is 1. The molecule has 0 aliphatic carbocycles. The minimum atomic E-state index is -0.202. The van der Waals surface area contributed by atoms with Gasteiger partial charge in [-0.15, -0.1) is 0 Å². The molecule has 0 fully saturated rings. The lowest BCUT2D eigenvalue weighted by Gasteiger charge is -2.15. The average molecular weight is 288 g/mol. The molecule has 1 atom stereocenters. The van der Waals surface area contributed by atoms with Crippen LogP contribution in [0.3, 0.4) is 0 Å². The second-order valence-corrected chi connectivity index (χ2v) is 4.63. The summed E-state index contributed by atoms with van der Waals surface area (Å²) < 4.78 is 5.40. The van der Waals surface area contributed by atoms with Crippen LogP contribution in [0.25, 0.3) is 0 Å². The summed E-state index contributed by atoms with van der Waals surface area (Å²) in [4.78, 5) is 19.5. The number of aromatic amines is 1. The first-order valence-corrected chi connectivity index (χ1v) is 6.97. The molecule has 6 heteroatoms. The number of hydrogen-bond donors (Lipinski definition) is 3. The van der Waals surface area contributed by atoms with Gasteiger partial charge in [-0.25, -0.2) is 4.98 Å². The summed E-state index contributed by atoms with van der Waals surface area (Å²) in [5.74, 6) is 1.12. The number of rotatable bonds is 6. The van der Waals surface area contributed by atoms with Gasteiger partial charge in [-0.1, -0.05) is 6.92 Å². The lowest BCUT2D eigenvalue weighted by atomic mass is 10.1. The van der Waals surface area contributed by atoms with Crippen molar-refractivity contribution in [1.29, 1.82) is 0 Å². The molecule has 0 saturated heterocycles. The maximum atomic E-state index is 12.4. The van der Waals surface area contributed by atoms with Crippen LogP contribution in [0.5, 0.6) is 5.75 Å². The zero-order chi connectivity index (χ0) is 15.2. The minimum absolute atomic E-state index is 0.163. The SMILES string of the molecule is CCOc1cc(N)cc(C(=O)NC(CC)c2ncc[nH]2)c1. The highest BCUT2D eigenvalue weighted by molar-refractivity contribution is 5.95. The third-order valence-corrected chi connectivity index (χ3v) is 3.07. The summed E-state index contributed by atoms with van der Waals surface area (Å²) >= 11 is 0. The third kappa shape index (κ3) is 3.75. The zero-order valence-corrected chi connectivity index (χ0v) is 12.2. The van der Waals surface area contributed by atoms with Crippen molar-refractivity contribution in [3.05, 3.63) is 42.0 Å². The predicted octanol–water partition coefficient (Wildman–Crippen LogP) is 2.27. The largest absolute Gasteiger partial charge is 0.494 e. The van der Waals surface area contributed by atoms with Crippen LogP contribution in [0.4, 0.5) is 5.69 Å². The quantitative estimate of drug-likeness (QED) is 0.711. The molecular formula is C15H20N4O2. The number of nitrogens with two attached hydrogens (primary N) is 1. The summed E-state index contributed by atoms with van der Waals surface area (Å²) in [7, 11) is 0. The van der Waals surface area contributed by atoms with Gasteiger partial charge >= 0.3 is 0 Å². The van der Waals surface area contributed by atoms with E-state index >= 15 is 0 Å². The van der Waals surface area contributed by atoms with Crippen molar-refractivity contribution in [3.63, 3.8) is 0 Å². The molecule has 0 bridgehead atoms. The molecule has 1 unspecified atom stereocenters. The van der Waals surface area contributed by atoms with E-state index in [0.717, 1.165) is 12.2 Å². The van der Waals surface area contributed by atoms with Gasteiger partial charge in [0.15, 0.2) is 0 Å². The second kappa shape index (κ2) is 6.78. The first-order chi connectivity index (χ1) is 10.1. The summed E-state index contributed by atoms with van der Waals surface area (Å²) in [6, 6.07) is 4.85. The van der Waals surface area contributed by atoms with Crippen molar-refractivity contribution >= 4 is 11.6 Å². The Kier molecular flexibility index (Phi) is 4.81. The van der Waals surface area contributed by atoms with Crippen LogP contribution in [-0.2, 0) is 0 Å². The number of nitrogens with one attached hydrogen (secondary N) is 2. The Morgan fingerprint density at radius 1 is 1.43 bits per heavy atom. The predicted molar refractivity (Wildman–Crippen MR) is 81.1 cm³/mol. The Morgan fingerprint density at radius 2 is 2.24 bits per heavy atom. The van der Waals surface area contributed by atoms with E-state index in [-0.39, 0.29) is 11.9 Å². The highest BCUT2D eigenvalue weighted by Crippen LogP contribution is 2.20. The van der Waals surface area contributed by atoms with Crippen LogP contribution in [-0.4, -0.2) is 22.5 Å². The number of carbonyl (C=O) groups is 1. The number of aromatic nitrogens is 2. The molecule has 1 amide bonds. The van der Waals surface area contributed by atoms with Crippen molar-refractivity contribution < 1.29 is 9.53 Å². The van der Waals surface area contributed by atoms with Crippen molar-refractivity contribution in [1.82, 2.24) is 15.3 Å². The first-order valence-electron chi connectivity index (χ1n) is 6.97. The normalized spacial score (nSPS) is 11.9. The number of carbonyl (C=O) groups excluding carboxylic acids is 1. The molecule has 112 valence electrons. The highest BCUT2D eigenvalue weighted by Gasteiger charge is 2.16. The topological polar surface area (TPSA) is 93.0 Å². The Bertz CT molecular complexity index is 596. The molecule has 0 aliphatic rings. The lowest BCUT2D eigenvalue weighted by Crippen LogP contribution is -2.29. The monoisotopic (exact) mass is 288 g/mol. The van der Waals surface area contributed by atoms with E-state index < -0.39 is 0 Å². The van der Waals surface area contributed by atoms with E-state index in [1.54, 1.807) is 30.6 Å². The summed E-state index contributed by atoms with van der Waals surface area (Å²) in [6.07, 6.45) is 4.13. The van der Waals surface area contributed by atoms with E-state index in [1.165, 1.54) is 0 Å². The molecule has 1 aromatic heterocycles. The second-order valence-electron chi connectivity index (χ2n) is 4.63. The van der Waals surface area contributed by atoms with Crippen molar-refractivity contribution in [2.24, 2.45) is 0 Å². The van der Waals surface area contributed by atoms with Gasteiger partial charge in [0, 0.05) is 29.7 Å². The Hall–Kier alpha value is -2.50. The van der Waals surface area contributed by atoms with Crippen LogP contribution in [0.15, 0.2) is 30.6 Å². The van der Waals surface area contributed by atoms with Gasteiger partial charge in [-0.2, -0.15) is 0 Å². The lowest BCUT2D eigenvalue weighted by molar-refractivity contribution is 0.0933. The fourth-order valence-corrected chi connectivity index (χ4v) is 2.08. The third-order valence-electron chi connectivity index (χ3n) is 3.07. The molecule has 4 N–H and O–H groups in total. The zero-order valence-electron chi connectivity index (χ0n) is 12.2. The number of hydrogen-bond acceptors (Lipinski definition) is 4. The Labute approximate surface area is 123 Å².